The van der Waals surface area contributed by atoms with Crippen molar-refractivity contribution in [3.05, 3.63) is 5.32 Å². The maximum absolute atomic E-state index is 12.6. The summed E-state index contributed by atoms with van der Waals surface area (Å²) in [4.78, 5) is 40.5. The van der Waals surface area contributed by atoms with Crippen molar-refractivity contribution in [2.45, 2.75) is 38.4 Å². The standard InChI is InChI=1S/C15H25N4O4.Pd/c1-9(2)12(14(21)22)18(4)15(23)17(3)10-5-6-19(8-10)13(20)11-7-16-11;/h9-12H,5-8H2,1-4H3,(H,21,22);/q-1;/t10-,11+,12?;/m0./s1. The van der Waals surface area contributed by atoms with Gasteiger partial charge in [0.1, 0.15) is 6.04 Å². The van der Waals surface area contributed by atoms with E-state index < -0.39 is 12.0 Å². The van der Waals surface area contributed by atoms with E-state index in [0.29, 0.717) is 26.1 Å². The number of urea groups is 1. The summed E-state index contributed by atoms with van der Waals surface area (Å²) in [6.45, 7) is 5.26. The Morgan fingerprint density at radius 2 is 1.83 bits per heavy atom. The summed E-state index contributed by atoms with van der Waals surface area (Å²) in [5.41, 5.74) is 0. The quantitative estimate of drug-likeness (QED) is 0.504. The fourth-order valence-corrected chi connectivity index (χ4v) is 3.10. The van der Waals surface area contributed by atoms with Gasteiger partial charge >= 0.3 is 12.0 Å². The van der Waals surface area contributed by atoms with Gasteiger partial charge in [-0.25, -0.2) is 9.59 Å². The molecule has 2 fully saturated rings. The van der Waals surface area contributed by atoms with Gasteiger partial charge in [-0.2, -0.15) is 6.54 Å². The van der Waals surface area contributed by atoms with Crippen molar-refractivity contribution in [2.75, 3.05) is 33.7 Å². The molecule has 8 nitrogen and oxygen atoms in total. The molecule has 1 unspecified atom stereocenters. The Bertz CT molecular complexity index is 498. The molecule has 2 heterocycles. The second-order valence-corrected chi connectivity index (χ2v) is 6.64. The molecule has 0 aromatic heterocycles. The van der Waals surface area contributed by atoms with Crippen LogP contribution < -0.4 is 0 Å². The summed E-state index contributed by atoms with van der Waals surface area (Å²) in [6, 6.07) is -1.47. The van der Waals surface area contributed by atoms with Crippen LogP contribution in [-0.2, 0) is 30.0 Å². The van der Waals surface area contributed by atoms with Crippen LogP contribution in [0.15, 0.2) is 0 Å². The molecule has 140 valence electrons. The summed E-state index contributed by atoms with van der Waals surface area (Å²) in [5.74, 6) is -1.16. The van der Waals surface area contributed by atoms with Gasteiger partial charge in [0.2, 0.25) is 5.91 Å². The van der Waals surface area contributed by atoms with Crippen LogP contribution in [0.3, 0.4) is 0 Å². The zero-order valence-electron chi connectivity index (χ0n) is 14.4. The van der Waals surface area contributed by atoms with Gasteiger partial charge < -0.3 is 25.1 Å². The number of carbonyl (C=O) groups is 3. The minimum absolute atomic E-state index is 0. The number of amides is 3. The number of likely N-dealkylation sites (tertiary alicyclic amines) is 1. The van der Waals surface area contributed by atoms with E-state index in [0.717, 1.165) is 0 Å². The zero-order valence-corrected chi connectivity index (χ0v) is 16.0. The molecular weight excluding hydrogens is 407 g/mol. The van der Waals surface area contributed by atoms with Crippen LogP contribution in [0.1, 0.15) is 20.3 Å². The molecule has 24 heavy (non-hydrogen) atoms. The molecule has 2 saturated heterocycles. The molecule has 0 saturated carbocycles. The van der Waals surface area contributed by atoms with Crippen LogP contribution in [-0.4, -0.2) is 89.6 Å². The average molecular weight is 432 g/mol. The molecule has 0 aromatic rings. The van der Waals surface area contributed by atoms with Crippen LogP contribution in [0.4, 0.5) is 4.79 Å². The Hall–Kier alpha value is -1.17. The molecule has 3 atom stereocenters. The average Bonchev–Trinajstić information content (AvgIpc) is 3.21. The number of carboxylic acids is 1. The molecule has 3 amide bonds. The Morgan fingerprint density at radius 3 is 2.29 bits per heavy atom. The van der Waals surface area contributed by atoms with Crippen LogP contribution in [0.5, 0.6) is 0 Å². The number of hydrogen-bond acceptors (Lipinski definition) is 3. The van der Waals surface area contributed by atoms with E-state index in [4.69, 9.17) is 0 Å². The van der Waals surface area contributed by atoms with E-state index in [2.05, 4.69) is 5.32 Å². The third-order valence-electron chi connectivity index (χ3n) is 4.58. The van der Waals surface area contributed by atoms with Gasteiger partial charge in [0, 0.05) is 47.6 Å². The van der Waals surface area contributed by atoms with Gasteiger partial charge in [-0.05, 0) is 12.3 Å². The fourth-order valence-electron chi connectivity index (χ4n) is 3.10. The van der Waals surface area contributed by atoms with Gasteiger partial charge in [0.15, 0.2) is 0 Å². The van der Waals surface area contributed by atoms with Crippen molar-refractivity contribution < 1.29 is 39.9 Å². The molecule has 0 bridgehead atoms. The summed E-state index contributed by atoms with van der Waals surface area (Å²) in [5, 5.41) is 13.3. The van der Waals surface area contributed by atoms with E-state index in [1.165, 1.54) is 11.9 Å². The van der Waals surface area contributed by atoms with Crippen molar-refractivity contribution in [1.29, 1.82) is 0 Å². The number of nitrogens with zero attached hydrogens (tertiary/aromatic N) is 4. The third-order valence-corrected chi connectivity index (χ3v) is 4.58. The smallest absolute Gasteiger partial charge is 0.326 e. The summed E-state index contributed by atoms with van der Waals surface area (Å²) in [6.07, 6.45) is 0.702. The van der Waals surface area contributed by atoms with Crippen LogP contribution >= 0.6 is 0 Å². The first-order valence-corrected chi connectivity index (χ1v) is 7.91. The Morgan fingerprint density at radius 1 is 1.25 bits per heavy atom. The fraction of sp³-hybridized carbons (Fsp3) is 0.800. The molecule has 0 aromatic carbocycles. The number of rotatable bonds is 5. The number of hydrogen-bond donors (Lipinski definition) is 1. The van der Waals surface area contributed by atoms with Crippen molar-refractivity contribution in [3.63, 3.8) is 0 Å². The second kappa shape index (κ2) is 8.28. The maximum Gasteiger partial charge on any atom is 0.326 e. The first-order valence-electron chi connectivity index (χ1n) is 7.91. The van der Waals surface area contributed by atoms with E-state index in [1.54, 1.807) is 30.7 Å². The molecule has 9 heteroatoms. The number of carbonyl (C=O) groups excluding carboxylic acids is 2. The largest absolute Gasteiger partial charge is 0.654 e. The summed E-state index contributed by atoms with van der Waals surface area (Å²) < 4.78 is 0. The number of aliphatic carboxylic acids is 1. The van der Waals surface area contributed by atoms with E-state index in [9.17, 15) is 19.5 Å². The first-order chi connectivity index (χ1) is 10.7. The number of likely N-dealkylation sites (N-methyl/N-ethyl adjacent to an activating group) is 2. The molecule has 1 N–H and O–H groups in total. The minimum Gasteiger partial charge on any atom is -0.654 e. The zero-order chi connectivity index (χ0) is 17.3. The Labute approximate surface area is 156 Å². The maximum atomic E-state index is 12.6. The SMILES string of the molecule is CC(C)C(C(=O)O)N(C)C(=O)N(C)[C@H]1CCN(C(=O)[C@H]2C[N-]2)C1.[Pd]. The van der Waals surface area contributed by atoms with Crippen molar-refractivity contribution >= 4 is 17.9 Å². The monoisotopic (exact) mass is 431 g/mol. The molecule has 0 spiro atoms. The van der Waals surface area contributed by atoms with Gasteiger partial charge in [0.05, 0.1) is 6.04 Å². The Kier molecular flexibility index (Phi) is 7.20. The van der Waals surface area contributed by atoms with Crippen molar-refractivity contribution in [3.8, 4) is 0 Å². The molecule has 2 rings (SSSR count). The van der Waals surface area contributed by atoms with E-state index in [1.807, 2.05) is 0 Å². The molecule has 2 aliphatic heterocycles. The molecule has 2 aliphatic rings. The topological polar surface area (TPSA) is 95.3 Å². The van der Waals surface area contributed by atoms with E-state index in [-0.39, 0.29) is 50.4 Å². The molecule has 0 radical (unpaired) electrons. The summed E-state index contributed by atoms with van der Waals surface area (Å²) in [7, 11) is 3.18. The van der Waals surface area contributed by atoms with Crippen LogP contribution in [0, 0.1) is 5.92 Å². The van der Waals surface area contributed by atoms with Crippen molar-refractivity contribution in [1.82, 2.24) is 14.7 Å². The van der Waals surface area contributed by atoms with Gasteiger partial charge in [-0.1, -0.05) is 19.9 Å². The third kappa shape index (κ3) is 4.47. The van der Waals surface area contributed by atoms with Crippen LogP contribution in [0.2, 0.25) is 0 Å². The summed E-state index contributed by atoms with van der Waals surface area (Å²) >= 11 is 0. The van der Waals surface area contributed by atoms with Gasteiger partial charge in [-0.3, -0.25) is 4.79 Å². The van der Waals surface area contributed by atoms with E-state index >= 15 is 0 Å². The second-order valence-electron chi connectivity index (χ2n) is 6.64. The van der Waals surface area contributed by atoms with Gasteiger partial charge in [-0.15, -0.1) is 0 Å². The molecule has 0 aliphatic carbocycles. The predicted molar refractivity (Wildman–Crippen MR) is 84.2 cm³/mol. The normalized spacial score (nSPS) is 23.5. The van der Waals surface area contributed by atoms with Gasteiger partial charge in [0.25, 0.3) is 0 Å². The first kappa shape index (κ1) is 20.9. The molecular formula is C15H25N4O4Pd-. The van der Waals surface area contributed by atoms with Crippen molar-refractivity contribution in [2.24, 2.45) is 5.92 Å². The minimum atomic E-state index is -1.01. The number of carboxylic acid groups (broad SMARTS) is 1. The predicted octanol–water partition coefficient (Wildman–Crippen LogP) is 0.434. The Balaban J connectivity index is 0.00000288. The van der Waals surface area contributed by atoms with Crippen LogP contribution in [0.25, 0.3) is 5.32 Å².